The largest absolute Gasteiger partial charge is 0.348 e. The average molecular weight is 287 g/mol. The normalized spacial score (nSPS) is 11.8. The minimum absolute atomic E-state index is 0.0588. The molecule has 1 heterocycles. The molecule has 0 aliphatic rings. The molecule has 0 aromatic carbocycles. The zero-order chi connectivity index (χ0) is 11.3. The van der Waals surface area contributed by atoms with E-state index in [0.29, 0.717) is 11.3 Å². The Bertz CT molecular complexity index is 383. The number of nitriles is 1. The number of hydrogen-bond donors (Lipinski definition) is 1. The molecule has 0 fully saturated rings. The number of amides is 1. The first-order chi connectivity index (χ1) is 7.19. The van der Waals surface area contributed by atoms with E-state index in [-0.39, 0.29) is 11.9 Å². The topological polar surface area (TPSA) is 52.9 Å². The van der Waals surface area contributed by atoms with Crippen LogP contribution in [0, 0.1) is 11.3 Å². The second kappa shape index (κ2) is 5.89. The van der Waals surface area contributed by atoms with Crippen molar-refractivity contribution in [1.29, 1.82) is 5.26 Å². The molecule has 0 aliphatic carbocycles. The summed E-state index contributed by atoms with van der Waals surface area (Å²) in [5.74, 6) is -0.112. The molecular formula is C10H11BrN2OS. The van der Waals surface area contributed by atoms with E-state index < -0.39 is 0 Å². The minimum atomic E-state index is -0.112. The Morgan fingerprint density at radius 1 is 1.80 bits per heavy atom. The molecule has 0 spiro atoms. The van der Waals surface area contributed by atoms with Crippen LogP contribution in [0.1, 0.15) is 29.4 Å². The van der Waals surface area contributed by atoms with Crippen molar-refractivity contribution in [2.45, 2.75) is 25.8 Å². The molecule has 1 unspecified atom stereocenters. The first-order valence-corrected chi connectivity index (χ1v) is 6.27. The van der Waals surface area contributed by atoms with E-state index in [0.717, 1.165) is 10.9 Å². The first-order valence-electron chi connectivity index (χ1n) is 4.59. The summed E-state index contributed by atoms with van der Waals surface area (Å²) >= 11 is 4.69. The molecule has 0 saturated carbocycles. The van der Waals surface area contributed by atoms with Crippen LogP contribution in [0.15, 0.2) is 15.9 Å². The number of nitrogens with one attached hydrogen (secondary N) is 1. The van der Waals surface area contributed by atoms with Crippen LogP contribution in [-0.4, -0.2) is 11.9 Å². The van der Waals surface area contributed by atoms with Crippen LogP contribution in [0.25, 0.3) is 0 Å². The minimum Gasteiger partial charge on any atom is -0.348 e. The van der Waals surface area contributed by atoms with Crippen molar-refractivity contribution >= 4 is 33.2 Å². The SMILES string of the molecule is CCC(CC#N)NC(=O)c1sccc1Br. The van der Waals surface area contributed by atoms with Crippen molar-refractivity contribution < 1.29 is 4.79 Å². The molecule has 1 amide bonds. The van der Waals surface area contributed by atoms with Gasteiger partial charge in [0.2, 0.25) is 0 Å². The Balaban J connectivity index is 2.63. The van der Waals surface area contributed by atoms with Gasteiger partial charge >= 0.3 is 0 Å². The molecule has 0 saturated heterocycles. The van der Waals surface area contributed by atoms with E-state index >= 15 is 0 Å². The molecule has 0 bridgehead atoms. The standard InChI is InChI=1S/C10H11BrN2OS/c1-2-7(3-5-12)13-10(14)9-8(11)4-6-15-9/h4,6-7H,2-3H2,1H3,(H,13,14). The van der Waals surface area contributed by atoms with E-state index in [1.165, 1.54) is 11.3 Å². The number of rotatable bonds is 4. The number of halogens is 1. The summed E-state index contributed by atoms with van der Waals surface area (Å²) in [5.41, 5.74) is 0. The van der Waals surface area contributed by atoms with Gasteiger partial charge in [0.05, 0.1) is 12.5 Å². The van der Waals surface area contributed by atoms with Gasteiger partial charge in [-0.15, -0.1) is 11.3 Å². The summed E-state index contributed by atoms with van der Waals surface area (Å²) in [6.45, 7) is 1.95. The zero-order valence-corrected chi connectivity index (χ0v) is 10.7. The lowest BCUT2D eigenvalue weighted by Gasteiger charge is -2.12. The highest BCUT2D eigenvalue weighted by molar-refractivity contribution is 9.10. The van der Waals surface area contributed by atoms with Gasteiger partial charge in [0.25, 0.3) is 5.91 Å². The maximum Gasteiger partial charge on any atom is 0.262 e. The monoisotopic (exact) mass is 286 g/mol. The zero-order valence-electron chi connectivity index (χ0n) is 8.29. The van der Waals surface area contributed by atoms with Crippen molar-refractivity contribution in [1.82, 2.24) is 5.32 Å². The predicted molar refractivity (Wildman–Crippen MR) is 63.8 cm³/mol. The molecule has 1 N–H and O–H groups in total. The van der Waals surface area contributed by atoms with Crippen molar-refractivity contribution in [3.63, 3.8) is 0 Å². The first kappa shape index (κ1) is 12.2. The van der Waals surface area contributed by atoms with E-state index in [9.17, 15) is 4.79 Å². The average Bonchev–Trinajstić information content (AvgIpc) is 2.63. The van der Waals surface area contributed by atoms with Crippen LogP contribution in [0.4, 0.5) is 0 Å². The van der Waals surface area contributed by atoms with Gasteiger partial charge < -0.3 is 5.32 Å². The van der Waals surface area contributed by atoms with Gasteiger partial charge in [-0.25, -0.2) is 0 Å². The highest BCUT2D eigenvalue weighted by atomic mass is 79.9. The van der Waals surface area contributed by atoms with Crippen LogP contribution >= 0.6 is 27.3 Å². The second-order valence-corrected chi connectivity index (χ2v) is 4.81. The van der Waals surface area contributed by atoms with Crippen molar-refractivity contribution in [3.8, 4) is 6.07 Å². The van der Waals surface area contributed by atoms with Crippen LogP contribution in [-0.2, 0) is 0 Å². The fourth-order valence-electron chi connectivity index (χ4n) is 1.11. The van der Waals surface area contributed by atoms with Crippen LogP contribution in [0.3, 0.4) is 0 Å². The van der Waals surface area contributed by atoms with E-state index in [1.54, 1.807) is 0 Å². The molecule has 1 aromatic heterocycles. The Hall–Kier alpha value is -0.860. The predicted octanol–water partition coefficient (Wildman–Crippen LogP) is 2.93. The van der Waals surface area contributed by atoms with Gasteiger partial charge in [-0.05, 0) is 33.8 Å². The van der Waals surface area contributed by atoms with Crippen molar-refractivity contribution in [2.75, 3.05) is 0 Å². The number of hydrogen-bond acceptors (Lipinski definition) is 3. The number of nitrogens with zero attached hydrogens (tertiary/aromatic N) is 1. The summed E-state index contributed by atoms with van der Waals surface area (Å²) in [4.78, 5) is 12.4. The molecule has 0 radical (unpaired) electrons. The summed E-state index contributed by atoms with van der Waals surface area (Å²) in [5, 5.41) is 13.2. The number of carbonyl (C=O) groups is 1. The van der Waals surface area contributed by atoms with E-state index in [1.807, 2.05) is 18.4 Å². The third-order valence-electron chi connectivity index (χ3n) is 1.99. The lowest BCUT2D eigenvalue weighted by atomic mass is 10.1. The van der Waals surface area contributed by atoms with Crippen molar-refractivity contribution in [2.24, 2.45) is 0 Å². The van der Waals surface area contributed by atoms with Crippen LogP contribution in [0.5, 0.6) is 0 Å². The highest BCUT2D eigenvalue weighted by Gasteiger charge is 2.15. The van der Waals surface area contributed by atoms with Gasteiger partial charge in [-0.3, -0.25) is 4.79 Å². The summed E-state index contributed by atoms with van der Waals surface area (Å²) < 4.78 is 0.803. The Morgan fingerprint density at radius 3 is 3.00 bits per heavy atom. The molecule has 3 nitrogen and oxygen atoms in total. The van der Waals surface area contributed by atoms with Crippen LogP contribution < -0.4 is 5.32 Å². The van der Waals surface area contributed by atoms with Crippen LogP contribution in [0.2, 0.25) is 0 Å². The smallest absolute Gasteiger partial charge is 0.262 e. The molecule has 80 valence electrons. The van der Waals surface area contributed by atoms with Gasteiger partial charge in [0.15, 0.2) is 0 Å². The molecule has 5 heteroatoms. The Labute approximate surface area is 101 Å². The van der Waals surface area contributed by atoms with Gasteiger partial charge in [0.1, 0.15) is 4.88 Å². The van der Waals surface area contributed by atoms with Gasteiger partial charge in [0, 0.05) is 10.5 Å². The number of carbonyl (C=O) groups excluding carboxylic acids is 1. The highest BCUT2D eigenvalue weighted by Crippen LogP contribution is 2.22. The molecule has 15 heavy (non-hydrogen) atoms. The number of thiophene rings is 1. The molecule has 1 rings (SSSR count). The van der Waals surface area contributed by atoms with E-state index in [4.69, 9.17) is 5.26 Å². The molecule has 0 aliphatic heterocycles. The summed E-state index contributed by atoms with van der Waals surface area (Å²) in [6.07, 6.45) is 1.12. The maximum absolute atomic E-state index is 11.7. The Morgan fingerprint density at radius 2 is 2.53 bits per heavy atom. The lowest BCUT2D eigenvalue weighted by Crippen LogP contribution is -2.33. The lowest BCUT2D eigenvalue weighted by molar-refractivity contribution is 0.0940. The van der Waals surface area contributed by atoms with E-state index in [2.05, 4.69) is 27.3 Å². The molecule has 1 atom stereocenters. The molecule has 1 aromatic rings. The quantitative estimate of drug-likeness (QED) is 0.925. The third-order valence-corrected chi connectivity index (χ3v) is 3.83. The van der Waals surface area contributed by atoms with Gasteiger partial charge in [-0.2, -0.15) is 5.26 Å². The fourth-order valence-corrected chi connectivity index (χ4v) is 2.57. The second-order valence-electron chi connectivity index (χ2n) is 3.04. The third kappa shape index (κ3) is 3.33. The summed E-state index contributed by atoms with van der Waals surface area (Å²) in [6, 6.07) is 3.84. The maximum atomic E-state index is 11.7. The Kier molecular flexibility index (Phi) is 4.79. The fraction of sp³-hybridized carbons (Fsp3) is 0.400. The summed E-state index contributed by atoms with van der Waals surface area (Å²) in [7, 11) is 0. The van der Waals surface area contributed by atoms with Crippen molar-refractivity contribution in [3.05, 3.63) is 20.8 Å². The molecular weight excluding hydrogens is 276 g/mol. The van der Waals surface area contributed by atoms with Gasteiger partial charge in [-0.1, -0.05) is 6.92 Å².